The highest BCUT2D eigenvalue weighted by molar-refractivity contribution is 6.06. The van der Waals surface area contributed by atoms with Gasteiger partial charge in [-0.25, -0.2) is 18.9 Å². The Kier molecular flexibility index (Phi) is 8.52. The van der Waals surface area contributed by atoms with E-state index in [1.54, 1.807) is 6.07 Å². The predicted molar refractivity (Wildman–Crippen MR) is 136 cm³/mol. The number of carbonyl (C=O) groups is 4. The second-order valence-corrected chi connectivity index (χ2v) is 9.78. The molecule has 2 aromatic carbocycles. The molecular weight excluding hydrogens is 552 g/mol. The summed E-state index contributed by atoms with van der Waals surface area (Å²) in [6, 6.07) is 6.42. The molecule has 41 heavy (non-hydrogen) atoms. The summed E-state index contributed by atoms with van der Waals surface area (Å²) in [5.41, 5.74) is -0.158. The maximum absolute atomic E-state index is 13.6. The lowest BCUT2D eigenvalue weighted by atomic mass is 9.94. The molecule has 2 atom stereocenters. The Hall–Kier alpha value is -4.20. The molecule has 220 valence electrons. The number of hydrogen-bond donors (Lipinski definition) is 3. The normalized spacial score (nSPS) is 18.7. The summed E-state index contributed by atoms with van der Waals surface area (Å²) in [5.74, 6) is -2.63. The molecule has 1 fully saturated rings. The van der Waals surface area contributed by atoms with Gasteiger partial charge in [0, 0.05) is 37.4 Å². The monoisotopic (exact) mass is 580 g/mol. The molecule has 0 bridgehead atoms. The van der Waals surface area contributed by atoms with Crippen LogP contribution in [0.3, 0.4) is 0 Å². The molecule has 1 spiro atoms. The van der Waals surface area contributed by atoms with Crippen molar-refractivity contribution in [2.75, 3.05) is 25.0 Å². The number of aryl methyl sites for hydroxylation is 1. The number of alkyl halides is 3. The largest absolute Gasteiger partial charge is 0.427 e. The van der Waals surface area contributed by atoms with Crippen molar-refractivity contribution >= 4 is 29.6 Å². The van der Waals surface area contributed by atoms with Gasteiger partial charge in [0.05, 0.1) is 0 Å². The van der Waals surface area contributed by atoms with Crippen LogP contribution >= 0.6 is 0 Å². The minimum Gasteiger partial charge on any atom is -0.427 e. The first-order valence-corrected chi connectivity index (χ1v) is 12.8. The molecule has 5 amide bonds. The van der Waals surface area contributed by atoms with Crippen LogP contribution in [-0.2, 0) is 32.9 Å². The van der Waals surface area contributed by atoms with Crippen LogP contribution in [0, 0.1) is 5.82 Å². The number of fused-ring (bicyclic) bond motifs is 2. The van der Waals surface area contributed by atoms with E-state index in [1.165, 1.54) is 24.3 Å². The van der Waals surface area contributed by atoms with Gasteiger partial charge in [0.15, 0.2) is 0 Å². The van der Waals surface area contributed by atoms with Crippen LogP contribution in [0.25, 0.3) is 0 Å². The summed E-state index contributed by atoms with van der Waals surface area (Å²) < 4.78 is 59.6. The zero-order chi connectivity index (χ0) is 29.9. The van der Waals surface area contributed by atoms with Crippen LogP contribution in [-0.4, -0.2) is 70.8 Å². The van der Waals surface area contributed by atoms with E-state index in [0.29, 0.717) is 39.5 Å². The third kappa shape index (κ3) is 6.26. The Bertz CT molecular complexity index is 1340. The van der Waals surface area contributed by atoms with E-state index in [0.717, 1.165) is 19.1 Å². The number of rotatable bonds is 9. The maximum Gasteiger partial charge on any atom is 0.418 e. The number of aliphatic hydroxyl groups excluding tert-OH is 1. The summed E-state index contributed by atoms with van der Waals surface area (Å²) in [6.07, 6.45) is -5.26. The van der Waals surface area contributed by atoms with E-state index in [1.807, 2.05) is 0 Å². The molecule has 1 heterocycles. The molecular formula is C27H28F4N4O6. The van der Waals surface area contributed by atoms with Crippen molar-refractivity contribution in [2.24, 2.45) is 0 Å². The molecule has 0 aromatic heterocycles. The van der Waals surface area contributed by atoms with Crippen LogP contribution in [0.1, 0.15) is 36.5 Å². The lowest BCUT2D eigenvalue weighted by molar-refractivity contribution is -0.187. The average Bonchev–Trinajstić information content (AvgIpc) is 3.39. The zero-order valence-electron chi connectivity index (χ0n) is 22.0. The Morgan fingerprint density at radius 3 is 2.54 bits per heavy atom. The van der Waals surface area contributed by atoms with Gasteiger partial charge in [-0.3, -0.25) is 9.59 Å². The van der Waals surface area contributed by atoms with Gasteiger partial charge in [-0.1, -0.05) is 18.2 Å². The van der Waals surface area contributed by atoms with Gasteiger partial charge in [-0.15, -0.1) is 0 Å². The van der Waals surface area contributed by atoms with E-state index in [4.69, 9.17) is 9.84 Å². The topological polar surface area (TPSA) is 128 Å². The lowest BCUT2D eigenvalue weighted by Gasteiger charge is -2.31. The Morgan fingerprint density at radius 2 is 1.88 bits per heavy atom. The fourth-order valence-corrected chi connectivity index (χ4v) is 4.82. The van der Waals surface area contributed by atoms with E-state index in [-0.39, 0.29) is 25.1 Å². The highest BCUT2D eigenvalue weighted by Gasteiger charge is 2.58. The third-order valence-electron chi connectivity index (χ3n) is 7.06. The highest BCUT2D eigenvalue weighted by atomic mass is 19.4. The van der Waals surface area contributed by atoms with Crippen LogP contribution in [0.2, 0.25) is 0 Å². The Labute approximate surface area is 232 Å². The van der Waals surface area contributed by atoms with Crippen molar-refractivity contribution in [1.82, 2.24) is 15.1 Å². The first kappa shape index (κ1) is 29.8. The Morgan fingerprint density at radius 1 is 1.17 bits per heavy atom. The fraction of sp³-hybridized carbons (Fsp3) is 0.407. The molecule has 0 saturated carbocycles. The number of urea groups is 1. The predicted octanol–water partition coefficient (Wildman–Crippen LogP) is 3.43. The molecule has 1 aliphatic heterocycles. The summed E-state index contributed by atoms with van der Waals surface area (Å²) in [6.45, 7) is -0.556. The number of aliphatic hydroxyl groups is 1. The maximum atomic E-state index is 13.6. The summed E-state index contributed by atoms with van der Waals surface area (Å²) in [4.78, 5) is 52.4. The number of halogens is 4. The highest BCUT2D eigenvalue weighted by Crippen LogP contribution is 2.46. The number of anilines is 1. The molecule has 4 rings (SSSR count). The number of ether oxygens (including phenoxy) is 1. The first-order chi connectivity index (χ1) is 19.4. The lowest BCUT2D eigenvalue weighted by Crippen LogP contribution is -2.51. The van der Waals surface area contributed by atoms with E-state index >= 15 is 0 Å². The molecule has 3 N–H and O–H groups in total. The van der Waals surface area contributed by atoms with Crippen LogP contribution in [0.4, 0.5) is 32.8 Å². The van der Waals surface area contributed by atoms with Gasteiger partial charge in [0.1, 0.15) is 18.4 Å². The number of carbonyl (C=O) groups excluding carboxylic acids is 4. The minimum atomic E-state index is -4.81. The summed E-state index contributed by atoms with van der Waals surface area (Å²) >= 11 is 0. The average molecular weight is 581 g/mol. The molecule has 0 unspecified atom stereocenters. The van der Waals surface area contributed by atoms with Gasteiger partial charge < -0.3 is 25.4 Å². The number of amides is 5. The molecule has 2 aliphatic rings. The van der Waals surface area contributed by atoms with Gasteiger partial charge in [0.25, 0.3) is 5.91 Å². The second-order valence-electron chi connectivity index (χ2n) is 9.78. The van der Waals surface area contributed by atoms with Gasteiger partial charge in [0.2, 0.25) is 11.5 Å². The van der Waals surface area contributed by atoms with E-state index in [2.05, 4.69) is 10.6 Å². The van der Waals surface area contributed by atoms with Crippen LogP contribution in [0.5, 0.6) is 0 Å². The molecule has 2 aromatic rings. The quantitative estimate of drug-likeness (QED) is 0.308. The van der Waals surface area contributed by atoms with Crippen molar-refractivity contribution < 1.29 is 46.6 Å². The van der Waals surface area contributed by atoms with Crippen molar-refractivity contribution in [1.29, 1.82) is 0 Å². The smallest absolute Gasteiger partial charge is 0.418 e. The molecule has 1 aliphatic carbocycles. The van der Waals surface area contributed by atoms with E-state index < -0.39 is 60.7 Å². The molecule has 0 radical (unpaired) electrons. The molecule has 10 nitrogen and oxygen atoms in total. The minimum absolute atomic E-state index is 0.0436. The second kappa shape index (κ2) is 11.7. The number of nitrogens with one attached hydrogen (secondary N) is 2. The standard InChI is InChI=1S/C27H28F4N4O6/c1-16(27(29,30)31)34(14-17-3-5-19(28)6-4-17)22(37)15-35-23(38)26(41-25(35)40)10-9-18-13-20(7-8-21(18)26)33-24(39)32-11-2-12-36/h3-8,13,16,36H,2,9-12,14-15H2,1H3,(H2,32,33,39)/t16-,26+/m0/s1. The SMILES string of the molecule is C[C@H](N(Cc1ccc(F)cc1)C(=O)CN1C(=O)O[C@@]2(CCc3cc(NC(=O)NCCCO)ccc32)C1=O)C(F)(F)F. The van der Waals surface area contributed by atoms with Gasteiger partial charge in [-0.05, 0) is 55.2 Å². The van der Waals surface area contributed by atoms with Gasteiger partial charge in [-0.2, -0.15) is 13.2 Å². The van der Waals surface area contributed by atoms with Gasteiger partial charge >= 0.3 is 18.3 Å². The number of imide groups is 1. The van der Waals surface area contributed by atoms with Crippen molar-refractivity contribution in [3.8, 4) is 0 Å². The number of benzene rings is 2. The van der Waals surface area contributed by atoms with E-state index in [9.17, 15) is 36.7 Å². The summed E-state index contributed by atoms with van der Waals surface area (Å²) in [5, 5.41) is 14.0. The Balaban J connectivity index is 1.51. The third-order valence-corrected chi connectivity index (χ3v) is 7.06. The first-order valence-electron chi connectivity index (χ1n) is 12.8. The molecule has 14 heteroatoms. The zero-order valence-corrected chi connectivity index (χ0v) is 22.0. The van der Waals surface area contributed by atoms with Crippen molar-refractivity contribution in [3.05, 3.63) is 65.0 Å². The summed E-state index contributed by atoms with van der Waals surface area (Å²) in [7, 11) is 0. The van der Waals surface area contributed by atoms with Crippen molar-refractivity contribution in [2.45, 2.75) is 50.6 Å². The van der Waals surface area contributed by atoms with Crippen LogP contribution < -0.4 is 10.6 Å². The fourth-order valence-electron chi connectivity index (χ4n) is 4.82. The van der Waals surface area contributed by atoms with Crippen molar-refractivity contribution in [3.63, 3.8) is 0 Å². The van der Waals surface area contributed by atoms with Crippen LogP contribution in [0.15, 0.2) is 42.5 Å². The molecule has 1 saturated heterocycles. The number of nitrogens with zero attached hydrogens (tertiary/aromatic N) is 2. The number of hydrogen-bond acceptors (Lipinski definition) is 6.